The third-order valence-corrected chi connectivity index (χ3v) is 4.02. The molecule has 0 saturated heterocycles. The number of hydrogen-bond acceptors (Lipinski definition) is 2. The summed E-state index contributed by atoms with van der Waals surface area (Å²) in [7, 11) is 1.44. The van der Waals surface area contributed by atoms with Crippen molar-refractivity contribution in [3.05, 3.63) is 19.8 Å². The number of ether oxygens (including phenoxy) is 1. The number of hydrogen-bond donors (Lipinski definition) is 0. The van der Waals surface area contributed by atoms with E-state index in [4.69, 9.17) is 4.74 Å². The normalized spacial score (nSPS) is 10.6. The summed E-state index contributed by atoms with van der Waals surface area (Å²) in [5.41, 5.74) is -0.0896. The minimum absolute atomic E-state index is 0.0896. The number of pyridine rings is 1. The Labute approximate surface area is 96.0 Å². The second-order valence-electron chi connectivity index (χ2n) is 2.15. The molecule has 1 heterocycles. The zero-order valence-corrected chi connectivity index (χ0v) is 10.3. The molecular weight excluding hydrogens is 359 g/mol. The van der Waals surface area contributed by atoms with Gasteiger partial charge in [0, 0.05) is 9.77 Å². The van der Waals surface area contributed by atoms with Gasteiger partial charge in [0.05, 0.1) is 17.1 Å². The summed E-state index contributed by atoms with van der Waals surface area (Å²) < 4.78 is 30.4. The topological polar surface area (TPSA) is 22.1 Å². The Balaban J connectivity index is 3.23. The fraction of sp³-hybridized carbons (Fsp3) is 0.286. The molecule has 0 N–H and O–H groups in total. The third-order valence-electron chi connectivity index (χ3n) is 1.38. The quantitative estimate of drug-likeness (QED) is 0.751. The van der Waals surface area contributed by atoms with Crippen LogP contribution in [-0.4, -0.2) is 12.1 Å². The first-order valence-corrected chi connectivity index (χ1v) is 5.11. The van der Waals surface area contributed by atoms with E-state index in [0.717, 1.165) is 6.20 Å². The lowest BCUT2D eigenvalue weighted by molar-refractivity contribution is 0.149. The molecule has 0 aliphatic rings. The van der Waals surface area contributed by atoms with E-state index in [1.165, 1.54) is 7.11 Å². The van der Waals surface area contributed by atoms with Gasteiger partial charge in [-0.3, -0.25) is 0 Å². The average molecular weight is 364 g/mol. The van der Waals surface area contributed by atoms with E-state index in [2.05, 4.69) is 20.9 Å². The van der Waals surface area contributed by atoms with E-state index in [9.17, 15) is 8.78 Å². The van der Waals surface area contributed by atoms with Gasteiger partial charge in [-0.25, -0.2) is 13.8 Å². The van der Waals surface area contributed by atoms with Gasteiger partial charge in [0.2, 0.25) is 5.88 Å². The van der Waals surface area contributed by atoms with Crippen molar-refractivity contribution in [1.82, 2.24) is 4.98 Å². The van der Waals surface area contributed by atoms with Crippen LogP contribution < -0.4 is 4.74 Å². The summed E-state index contributed by atoms with van der Waals surface area (Å²) in [6.07, 6.45) is -1.39. The Morgan fingerprint density at radius 1 is 1.62 bits per heavy atom. The molecule has 0 aromatic carbocycles. The Hall–Kier alpha value is 0.0200. The van der Waals surface area contributed by atoms with Gasteiger partial charge in [0.25, 0.3) is 6.43 Å². The van der Waals surface area contributed by atoms with Crippen LogP contribution in [0, 0.1) is 3.57 Å². The third kappa shape index (κ3) is 2.28. The molecule has 0 aliphatic carbocycles. The van der Waals surface area contributed by atoms with Crippen molar-refractivity contribution in [2.24, 2.45) is 0 Å². The van der Waals surface area contributed by atoms with Crippen molar-refractivity contribution >= 4 is 38.5 Å². The van der Waals surface area contributed by atoms with Crippen molar-refractivity contribution in [2.75, 3.05) is 7.11 Å². The van der Waals surface area contributed by atoms with Crippen LogP contribution in [-0.2, 0) is 0 Å². The van der Waals surface area contributed by atoms with E-state index < -0.39 is 6.43 Å². The van der Waals surface area contributed by atoms with Crippen LogP contribution in [0.3, 0.4) is 0 Å². The van der Waals surface area contributed by atoms with Crippen molar-refractivity contribution in [2.45, 2.75) is 6.43 Å². The number of halogens is 4. The van der Waals surface area contributed by atoms with E-state index in [1.807, 2.05) is 22.6 Å². The first kappa shape index (κ1) is 11.1. The van der Waals surface area contributed by atoms with Gasteiger partial charge in [-0.15, -0.1) is 0 Å². The Bertz CT molecular complexity index is 322. The Kier molecular flexibility index (Phi) is 3.84. The molecule has 0 spiro atoms. The molecule has 13 heavy (non-hydrogen) atoms. The van der Waals surface area contributed by atoms with Crippen molar-refractivity contribution in [3.63, 3.8) is 0 Å². The van der Waals surface area contributed by atoms with Crippen molar-refractivity contribution in [3.8, 4) is 5.88 Å². The summed E-state index contributed by atoms with van der Waals surface area (Å²) in [5, 5.41) is 0. The predicted molar refractivity (Wildman–Crippen MR) is 56.2 cm³/mol. The molecule has 1 rings (SSSR count). The van der Waals surface area contributed by atoms with E-state index in [1.54, 1.807) is 0 Å². The minimum atomic E-state index is -2.51. The standard InChI is InChI=1S/C7H5BrF2INO/c1-13-7-4(8)5(11)3(2-12-7)6(9)10/h2,6H,1H3. The van der Waals surface area contributed by atoms with Crippen molar-refractivity contribution in [1.29, 1.82) is 0 Å². The molecule has 0 radical (unpaired) electrons. The molecule has 72 valence electrons. The highest BCUT2D eigenvalue weighted by atomic mass is 127. The van der Waals surface area contributed by atoms with E-state index in [0.29, 0.717) is 13.9 Å². The molecule has 0 bridgehead atoms. The average Bonchev–Trinajstić information content (AvgIpc) is 2.09. The van der Waals surface area contributed by atoms with Crippen LogP contribution in [0.25, 0.3) is 0 Å². The first-order valence-electron chi connectivity index (χ1n) is 3.24. The largest absolute Gasteiger partial charge is 0.480 e. The molecule has 0 aliphatic heterocycles. The van der Waals surface area contributed by atoms with E-state index in [-0.39, 0.29) is 5.56 Å². The van der Waals surface area contributed by atoms with Gasteiger partial charge < -0.3 is 4.74 Å². The highest BCUT2D eigenvalue weighted by molar-refractivity contribution is 14.1. The first-order chi connectivity index (χ1) is 6.07. The van der Waals surface area contributed by atoms with Crippen LogP contribution in [0.1, 0.15) is 12.0 Å². The lowest BCUT2D eigenvalue weighted by Crippen LogP contribution is -1.96. The molecule has 6 heteroatoms. The molecule has 0 atom stereocenters. The van der Waals surface area contributed by atoms with Gasteiger partial charge in [0.15, 0.2) is 0 Å². The highest BCUT2D eigenvalue weighted by Crippen LogP contribution is 2.34. The Morgan fingerprint density at radius 3 is 2.69 bits per heavy atom. The van der Waals surface area contributed by atoms with Crippen LogP contribution in [0.4, 0.5) is 8.78 Å². The highest BCUT2D eigenvalue weighted by Gasteiger charge is 2.17. The number of methoxy groups -OCH3 is 1. The molecule has 0 fully saturated rings. The molecule has 0 amide bonds. The summed E-state index contributed by atoms with van der Waals surface area (Å²) in [6.45, 7) is 0. The summed E-state index contributed by atoms with van der Waals surface area (Å²) in [5.74, 6) is 0.314. The summed E-state index contributed by atoms with van der Waals surface area (Å²) >= 11 is 4.95. The van der Waals surface area contributed by atoms with Gasteiger partial charge in [-0.05, 0) is 38.5 Å². The SMILES string of the molecule is COc1ncc(C(F)F)c(I)c1Br. The monoisotopic (exact) mass is 363 g/mol. The summed E-state index contributed by atoms with van der Waals surface area (Å²) in [4.78, 5) is 3.72. The maximum atomic E-state index is 12.3. The van der Waals surface area contributed by atoms with E-state index >= 15 is 0 Å². The minimum Gasteiger partial charge on any atom is -0.480 e. The van der Waals surface area contributed by atoms with Gasteiger partial charge in [-0.2, -0.15) is 0 Å². The van der Waals surface area contributed by atoms with Crippen LogP contribution in [0.5, 0.6) is 5.88 Å². The molecule has 0 unspecified atom stereocenters. The smallest absolute Gasteiger partial charge is 0.266 e. The number of rotatable bonds is 2. The predicted octanol–water partition coefficient (Wildman–Crippen LogP) is 3.39. The second-order valence-corrected chi connectivity index (χ2v) is 4.02. The maximum Gasteiger partial charge on any atom is 0.266 e. The number of aromatic nitrogens is 1. The molecule has 2 nitrogen and oxygen atoms in total. The van der Waals surface area contributed by atoms with Crippen LogP contribution >= 0.6 is 38.5 Å². The van der Waals surface area contributed by atoms with Crippen LogP contribution in [0.2, 0.25) is 0 Å². The lowest BCUT2D eigenvalue weighted by atomic mass is 10.3. The number of alkyl halides is 2. The second kappa shape index (κ2) is 4.50. The van der Waals surface area contributed by atoms with Crippen LogP contribution in [0.15, 0.2) is 10.7 Å². The zero-order chi connectivity index (χ0) is 10.0. The molecule has 1 aromatic rings. The van der Waals surface area contributed by atoms with Crippen molar-refractivity contribution < 1.29 is 13.5 Å². The fourth-order valence-electron chi connectivity index (χ4n) is 0.757. The zero-order valence-electron chi connectivity index (χ0n) is 6.52. The fourth-order valence-corrected chi connectivity index (χ4v) is 1.86. The molecular formula is C7H5BrF2INO. The maximum absolute atomic E-state index is 12.3. The number of nitrogens with zero attached hydrogens (tertiary/aromatic N) is 1. The van der Waals surface area contributed by atoms with Gasteiger partial charge in [0.1, 0.15) is 0 Å². The Morgan fingerprint density at radius 2 is 2.23 bits per heavy atom. The molecule has 1 aromatic heterocycles. The van der Waals surface area contributed by atoms with Gasteiger partial charge >= 0.3 is 0 Å². The molecule has 0 saturated carbocycles. The lowest BCUT2D eigenvalue weighted by Gasteiger charge is -2.07. The summed E-state index contributed by atoms with van der Waals surface area (Å²) in [6, 6.07) is 0. The van der Waals surface area contributed by atoms with Gasteiger partial charge in [-0.1, -0.05) is 0 Å².